The summed E-state index contributed by atoms with van der Waals surface area (Å²) in [6.07, 6.45) is 9.46. The molecule has 0 aliphatic heterocycles. The molecule has 0 aromatic heterocycles. The molecule has 4 aliphatic rings. The van der Waals surface area contributed by atoms with Crippen LogP contribution in [0.1, 0.15) is 107 Å². The summed E-state index contributed by atoms with van der Waals surface area (Å²) in [5.74, 6) is 2.55. The fourth-order valence-electron chi connectivity index (χ4n) is 9.24. The average Bonchev–Trinajstić information content (AvgIpc) is 3.00. The van der Waals surface area contributed by atoms with E-state index in [-0.39, 0.29) is 39.6 Å². The second-order valence-electron chi connectivity index (χ2n) is 13.8. The minimum absolute atomic E-state index is 0.00357. The van der Waals surface area contributed by atoms with E-state index >= 15 is 0 Å². The first-order valence-corrected chi connectivity index (χ1v) is 13.7. The summed E-state index contributed by atoms with van der Waals surface area (Å²) in [5, 5.41) is 10.7. The fraction of sp³-hybridized carbons (Fsp3) is 0.867. The fourth-order valence-corrected chi connectivity index (χ4v) is 9.24. The van der Waals surface area contributed by atoms with Gasteiger partial charge in [-0.2, -0.15) is 0 Å². The van der Waals surface area contributed by atoms with Gasteiger partial charge in [-0.1, -0.05) is 67.0 Å². The van der Waals surface area contributed by atoms with Crippen LogP contribution in [0.2, 0.25) is 0 Å². The Kier molecular flexibility index (Phi) is 6.12. The Labute approximate surface area is 202 Å². The highest BCUT2D eigenvalue weighted by molar-refractivity contribution is 5.88. The summed E-state index contributed by atoms with van der Waals surface area (Å²) in [5.41, 5.74) is 0.925. The van der Waals surface area contributed by atoms with Gasteiger partial charge in [0.05, 0.1) is 6.10 Å². The minimum atomic E-state index is -0.318. The summed E-state index contributed by atoms with van der Waals surface area (Å²) in [6.45, 7) is 17.9. The van der Waals surface area contributed by atoms with Gasteiger partial charge >= 0.3 is 0 Å². The van der Waals surface area contributed by atoms with Gasteiger partial charge in [-0.25, -0.2) is 0 Å². The van der Waals surface area contributed by atoms with E-state index in [1.807, 2.05) is 13.8 Å². The molecule has 0 aromatic rings. The van der Waals surface area contributed by atoms with Gasteiger partial charge in [-0.05, 0) is 73.0 Å². The molecule has 0 spiro atoms. The first-order chi connectivity index (χ1) is 15.2. The Morgan fingerprint density at radius 3 is 2.36 bits per heavy atom. The predicted octanol–water partition coefficient (Wildman–Crippen LogP) is 6.77. The third kappa shape index (κ3) is 3.38. The molecular formula is C30H48O3. The third-order valence-electron chi connectivity index (χ3n) is 11.9. The Morgan fingerprint density at radius 1 is 1.06 bits per heavy atom. The maximum Gasteiger partial charge on any atom is 0.140 e. The lowest BCUT2D eigenvalue weighted by Crippen LogP contribution is -2.63. The second kappa shape index (κ2) is 8.04. The third-order valence-corrected chi connectivity index (χ3v) is 11.9. The van der Waals surface area contributed by atoms with Crippen molar-refractivity contribution in [3.8, 4) is 0 Å². The molecule has 8 atom stereocenters. The van der Waals surface area contributed by atoms with Crippen molar-refractivity contribution in [1.29, 1.82) is 0 Å². The maximum atomic E-state index is 14.2. The molecule has 3 heteroatoms. The molecule has 33 heavy (non-hydrogen) atoms. The molecule has 1 unspecified atom stereocenters. The van der Waals surface area contributed by atoms with Crippen LogP contribution >= 0.6 is 0 Å². The standard InChI is InChI=1S/C30H48O3/c1-18(2)23(31)12-9-19(3)20-15-16-28(6)24-13-10-21-22(11-14-25(32)27(21,4)5)30(24,8)26(33)17-29(20,28)7/h10,18-20,22,24-25,32H,9,11-17H2,1-8H3/t19-,20+,22?,24-,25-,28+,29+,30+/m1/s1. The molecule has 4 rings (SSSR count). The molecule has 186 valence electrons. The van der Waals surface area contributed by atoms with Crippen LogP contribution in [0.5, 0.6) is 0 Å². The molecule has 1 N–H and O–H groups in total. The number of hydrogen-bond acceptors (Lipinski definition) is 3. The lowest BCUT2D eigenvalue weighted by atomic mass is 9.38. The van der Waals surface area contributed by atoms with Crippen molar-refractivity contribution < 1.29 is 14.7 Å². The number of rotatable bonds is 5. The zero-order chi connectivity index (χ0) is 24.6. The molecule has 3 fully saturated rings. The van der Waals surface area contributed by atoms with Gasteiger partial charge in [0.1, 0.15) is 11.6 Å². The molecule has 0 aromatic carbocycles. The SMILES string of the molecule is CC(C)C(=O)CC[C@@H](C)[C@@H]1CC[C@@]2(C)[C@H]3CC=C4C(CC[C@@H](O)C4(C)C)[C@]3(C)C(=O)C[C@@]12C. The van der Waals surface area contributed by atoms with E-state index in [4.69, 9.17) is 0 Å². The lowest BCUT2D eigenvalue weighted by Gasteiger charge is -2.64. The van der Waals surface area contributed by atoms with Gasteiger partial charge < -0.3 is 5.11 Å². The van der Waals surface area contributed by atoms with Gasteiger partial charge in [0.2, 0.25) is 0 Å². The smallest absolute Gasteiger partial charge is 0.140 e. The van der Waals surface area contributed by atoms with Crippen LogP contribution in [0.3, 0.4) is 0 Å². The molecule has 0 heterocycles. The number of ketones is 2. The van der Waals surface area contributed by atoms with E-state index in [1.165, 1.54) is 18.4 Å². The first kappa shape index (κ1) is 25.1. The largest absolute Gasteiger partial charge is 0.392 e. The highest BCUT2D eigenvalue weighted by Crippen LogP contribution is 2.74. The zero-order valence-corrected chi connectivity index (χ0v) is 22.5. The Hall–Kier alpha value is -0.960. The second-order valence-corrected chi connectivity index (χ2v) is 13.8. The topological polar surface area (TPSA) is 54.4 Å². The van der Waals surface area contributed by atoms with E-state index in [2.05, 4.69) is 47.6 Å². The number of Topliss-reactive ketones (excluding diaryl/α,β-unsaturated/α-hetero) is 2. The van der Waals surface area contributed by atoms with Crippen molar-refractivity contribution in [2.75, 3.05) is 0 Å². The van der Waals surface area contributed by atoms with Crippen LogP contribution < -0.4 is 0 Å². The monoisotopic (exact) mass is 456 g/mol. The van der Waals surface area contributed by atoms with Crippen molar-refractivity contribution in [2.45, 2.75) is 113 Å². The van der Waals surface area contributed by atoms with Crippen molar-refractivity contribution in [2.24, 2.45) is 51.2 Å². The van der Waals surface area contributed by atoms with E-state index in [1.54, 1.807) is 0 Å². The summed E-state index contributed by atoms with van der Waals surface area (Å²) >= 11 is 0. The van der Waals surface area contributed by atoms with Crippen molar-refractivity contribution in [3.05, 3.63) is 11.6 Å². The van der Waals surface area contributed by atoms with Crippen LogP contribution in [0.15, 0.2) is 11.6 Å². The van der Waals surface area contributed by atoms with Crippen LogP contribution in [0.25, 0.3) is 0 Å². The Balaban J connectivity index is 1.66. The first-order valence-electron chi connectivity index (χ1n) is 13.7. The number of aliphatic hydroxyl groups is 1. The van der Waals surface area contributed by atoms with Gasteiger partial charge in [0, 0.05) is 29.6 Å². The molecule has 0 bridgehead atoms. The molecular weight excluding hydrogens is 408 g/mol. The van der Waals surface area contributed by atoms with E-state index in [0.717, 1.165) is 25.7 Å². The van der Waals surface area contributed by atoms with Crippen LogP contribution in [-0.4, -0.2) is 22.8 Å². The molecule has 3 nitrogen and oxygen atoms in total. The van der Waals surface area contributed by atoms with E-state index in [9.17, 15) is 14.7 Å². The number of carbonyl (C=O) groups excluding carboxylic acids is 2. The van der Waals surface area contributed by atoms with Crippen LogP contribution in [-0.2, 0) is 9.59 Å². The van der Waals surface area contributed by atoms with Crippen molar-refractivity contribution >= 4 is 11.6 Å². The van der Waals surface area contributed by atoms with Crippen molar-refractivity contribution in [3.63, 3.8) is 0 Å². The number of aliphatic hydroxyl groups excluding tert-OH is 1. The van der Waals surface area contributed by atoms with E-state index in [0.29, 0.717) is 42.2 Å². The average molecular weight is 457 g/mol. The molecule has 0 radical (unpaired) electrons. The van der Waals surface area contributed by atoms with Gasteiger partial charge in [-0.3, -0.25) is 9.59 Å². The van der Waals surface area contributed by atoms with Gasteiger partial charge in [0.15, 0.2) is 0 Å². The summed E-state index contributed by atoms with van der Waals surface area (Å²) in [7, 11) is 0. The van der Waals surface area contributed by atoms with Crippen LogP contribution in [0, 0.1) is 51.2 Å². The maximum absolute atomic E-state index is 14.2. The molecule has 4 aliphatic carbocycles. The quantitative estimate of drug-likeness (QED) is 0.464. The minimum Gasteiger partial charge on any atom is -0.392 e. The van der Waals surface area contributed by atoms with E-state index < -0.39 is 0 Å². The normalized spacial score (nSPS) is 45.2. The lowest BCUT2D eigenvalue weighted by molar-refractivity contribution is -0.172. The molecule has 0 saturated heterocycles. The summed E-state index contributed by atoms with van der Waals surface area (Å²) in [4.78, 5) is 26.5. The Bertz CT molecular complexity index is 853. The predicted molar refractivity (Wildman–Crippen MR) is 134 cm³/mol. The number of allylic oxidation sites excluding steroid dienone is 1. The number of hydrogen-bond donors (Lipinski definition) is 1. The highest BCUT2D eigenvalue weighted by atomic mass is 16.3. The highest BCUT2D eigenvalue weighted by Gasteiger charge is 2.70. The van der Waals surface area contributed by atoms with Crippen molar-refractivity contribution in [1.82, 2.24) is 0 Å². The zero-order valence-electron chi connectivity index (χ0n) is 22.5. The van der Waals surface area contributed by atoms with Gasteiger partial charge in [0.25, 0.3) is 0 Å². The number of carbonyl (C=O) groups is 2. The number of fused-ring (bicyclic) bond motifs is 5. The van der Waals surface area contributed by atoms with Crippen LogP contribution in [0.4, 0.5) is 0 Å². The molecule has 3 saturated carbocycles. The van der Waals surface area contributed by atoms with Gasteiger partial charge in [-0.15, -0.1) is 0 Å². The summed E-state index contributed by atoms with van der Waals surface area (Å²) in [6, 6.07) is 0. The summed E-state index contributed by atoms with van der Waals surface area (Å²) < 4.78 is 0. The molecule has 0 amide bonds. The Morgan fingerprint density at radius 2 is 1.73 bits per heavy atom.